The average molecular weight is 297 g/mol. The molecule has 0 unspecified atom stereocenters. The Morgan fingerprint density at radius 1 is 1.10 bits per heavy atom. The molecule has 1 saturated carbocycles. The molecule has 0 aromatic heterocycles. The Morgan fingerprint density at radius 2 is 1.70 bits per heavy atom. The zero-order valence-corrected chi connectivity index (χ0v) is 12.3. The highest BCUT2D eigenvalue weighted by Gasteiger charge is 2.35. The van der Waals surface area contributed by atoms with E-state index in [-0.39, 0.29) is 11.7 Å². The summed E-state index contributed by atoms with van der Waals surface area (Å²) < 4.78 is 34.8. The van der Waals surface area contributed by atoms with Crippen molar-refractivity contribution in [3.05, 3.63) is 17.7 Å². The minimum atomic E-state index is -3.36. The fourth-order valence-corrected chi connectivity index (χ4v) is 4.05. The highest BCUT2D eigenvalue weighted by molar-refractivity contribution is 7.90. The molecule has 1 heterocycles. The van der Waals surface area contributed by atoms with Crippen molar-refractivity contribution < 1.29 is 17.9 Å². The van der Waals surface area contributed by atoms with Gasteiger partial charge >= 0.3 is 0 Å². The van der Waals surface area contributed by atoms with Gasteiger partial charge in [0.2, 0.25) is 6.79 Å². The summed E-state index contributed by atoms with van der Waals surface area (Å²) in [6.45, 7) is 0.125. The van der Waals surface area contributed by atoms with E-state index in [1.54, 1.807) is 12.1 Å². The lowest BCUT2D eigenvalue weighted by molar-refractivity contribution is 0.173. The van der Waals surface area contributed by atoms with E-state index in [1.807, 2.05) is 0 Å². The van der Waals surface area contributed by atoms with Gasteiger partial charge in [0, 0.05) is 17.9 Å². The van der Waals surface area contributed by atoms with E-state index in [4.69, 9.17) is 15.2 Å². The highest BCUT2D eigenvalue weighted by Crippen LogP contribution is 2.43. The SMILES string of the molecule is CS(=O)(=O)c1cc2c(cc1C1(N)CCCCC1)OCO2. The third-order valence-electron chi connectivity index (χ3n) is 4.16. The fraction of sp³-hybridized carbons (Fsp3) is 0.571. The normalized spacial score (nSPS) is 20.9. The van der Waals surface area contributed by atoms with Gasteiger partial charge in [-0.25, -0.2) is 8.42 Å². The van der Waals surface area contributed by atoms with Crippen LogP contribution in [0.3, 0.4) is 0 Å². The minimum Gasteiger partial charge on any atom is -0.454 e. The molecule has 110 valence electrons. The molecule has 6 heteroatoms. The molecule has 0 spiro atoms. The van der Waals surface area contributed by atoms with Gasteiger partial charge < -0.3 is 15.2 Å². The number of benzene rings is 1. The molecular weight excluding hydrogens is 278 g/mol. The largest absolute Gasteiger partial charge is 0.454 e. The highest BCUT2D eigenvalue weighted by atomic mass is 32.2. The van der Waals surface area contributed by atoms with Crippen LogP contribution in [0.4, 0.5) is 0 Å². The molecule has 20 heavy (non-hydrogen) atoms. The molecule has 2 aliphatic rings. The zero-order chi connectivity index (χ0) is 14.4. The first-order valence-electron chi connectivity index (χ1n) is 6.83. The molecule has 0 atom stereocenters. The number of hydrogen-bond donors (Lipinski definition) is 1. The summed E-state index contributed by atoms with van der Waals surface area (Å²) >= 11 is 0. The summed E-state index contributed by atoms with van der Waals surface area (Å²) in [5.41, 5.74) is 6.60. The number of sulfone groups is 1. The second kappa shape index (κ2) is 4.63. The van der Waals surface area contributed by atoms with Crippen molar-refractivity contribution in [1.82, 2.24) is 0 Å². The predicted octanol–water partition coefficient (Wildman–Crippen LogP) is 1.94. The lowest BCUT2D eigenvalue weighted by atomic mass is 9.77. The molecule has 3 rings (SSSR count). The standard InChI is InChI=1S/C14H19NO4S/c1-20(16,17)13-8-12-11(18-9-19-12)7-10(13)14(15)5-3-2-4-6-14/h7-8H,2-6,9,15H2,1H3. The van der Waals surface area contributed by atoms with Gasteiger partial charge in [-0.2, -0.15) is 0 Å². The molecule has 2 N–H and O–H groups in total. The van der Waals surface area contributed by atoms with Crippen LogP contribution < -0.4 is 15.2 Å². The van der Waals surface area contributed by atoms with Gasteiger partial charge in [-0.3, -0.25) is 0 Å². The van der Waals surface area contributed by atoms with Crippen molar-refractivity contribution in [1.29, 1.82) is 0 Å². The summed E-state index contributed by atoms with van der Waals surface area (Å²) in [7, 11) is -3.36. The third kappa shape index (κ3) is 2.27. The van der Waals surface area contributed by atoms with Gasteiger partial charge in [0.05, 0.1) is 4.90 Å². The van der Waals surface area contributed by atoms with Gasteiger partial charge in [0.25, 0.3) is 0 Å². The topological polar surface area (TPSA) is 78.6 Å². The second-order valence-corrected chi connectivity index (χ2v) is 7.67. The summed E-state index contributed by atoms with van der Waals surface area (Å²) in [4.78, 5) is 0.270. The van der Waals surface area contributed by atoms with Gasteiger partial charge in [0.15, 0.2) is 21.3 Å². The molecule has 5 nitrogen and oxygen atoms in total. The van der Waals surface area contributed by atoms with E-state index in [1.165, 1.54) is 6.26 Å². The van der Waals surface area contributed by atoms with Gasteiger partial charge in [-0.1, -0.05) is 19.3 Å². The van der Waals surface area contributed by atoms with Crippen molar-refractivity contribution in [2.45, 2.75) is 42.5 Å². The van der Waals surface area contributed by atoms with Crippen LogP contribution in [0.25, 0.3) is 0 Å². The van der Waals surface area contributed by atoms with Gasteiger partial charge in [-0.15, -0.1) is 0 Å². The Balaban J connectivity index is 2.18. The van der Waals surface area contributed by atoms with Crippen LogP contribution in [0.15, 0.2) is 17.0 Å². The Kier molecular flexibility index (Phi) is 3.17. The number of fused-ring (bicyclic) bond motifs is 1. The van der Waals surface area contributed by atoms with Crippen LogP contribution in [-0.2, 0) is 15.4 Å². The van der Waals surface area contributed by atoms with Crippen LogP contribution in [0.2, 0.25) is 0 Å². The Hall–Kier alpha value is -1.27. The zero-order valence-electron chi connectivity index (χ0n) is 11.5. The fourth-order valence-electron chi connectivity index (χ4n) is 3.07. The van der Waals surface area contributed by atoms with E-state index in [2.05, 4.69) is 0 Å². The third-order valence-corrected chi connectivity index (χ3v) is 5.29. The number of hydrogen-bond acceptors (Lipinski definition) is 5. The summed E-state index contributed by atoms with van der Waals surface area (Å²) in [6.07, 6.45) is 6.00. The molecule has 1 aliphatic heterocycles. The van der Waals surface area contributed by atoms with Crippen LogP contribution in [-0.4, -0.2) is 21.5 Å². The summed E-state index contributed by atoms with van der Waals surface area (Å²) in [5, 5.41) is 0. The first kappa shape index (κ1) is 13.7. The molecule has 0 bridgehead atoms. The molecule has 0 radical (unpaired) electrons. The Bertz CT molecular complexity index is 633. The monoisotopic (exact) mass is 297 g/mol. The van der Waals surface area contributed by atoms with Crippen LogP contribution in [0.1, 0.15) is 37.7 Å². The molecule has 1 aromatic rings. The molecular formula is C14H19NO4S. The Labute approximate surface area is 119 Å². The maximum Gasteiger partial charge on any atom is 0.231 e. The average Bonchev–Trinajstić information content (AvgIpc) is 2.84. The lowest BCUT2D eigenvalue weighted by Crippen LogP contribution is -2.39. The molecule has 1 aliphatic carbocycles. The predicted molar refractivity (Wildman–Crippen MR) is 74.6 cm³/mol. The minimum absolute atomic E-state index is 0.125. The lowest BCUT2D eigenvalue weighted by Gasteiger charge is -2.35. The summed E-state index contributed by atoms with van der Waals surface area (Å²) in [6, 6.07) is 3.31. The maximum atomic E-state index is 12.1. The van der Waals surface area contributed by atoms with Crippen molar-refractivity contribution in [3.8, 4) is 11.5 Å². The summed E-state index contributed by atoms with van der Waals surface area (Å²) in [5.74, 6) is 1.07. The first-order valence-corrected chi connectivity index (χ1v) is 8.72. The van der Waals surface area contributed by atoms with Crippen LogP contribution in [0, 0.1) is 0 Å². The van der Waals surface area contributed by atoms with Crippen molar-refractivity contribution in [3.63, 3.8) is 0 Å². The molecule has 1 aromatic carbocycles. The number of ether oxygens (including phenoxy) is 2. The number of nitrogens with two attached hydrogens (primary N) is 1. The molecule has 0 saturated heterocycles. The molecule has 1 fully saturated rings. The van der Waals surface area contributed by atoms with Gasteiger partial charge in [-0.05, 0) is 24.5 Å². The first-order chi connectivity index (χ1) is 9.40. The van der Waals surface area contributed by atoms with E-state index in [0.717, 1.165) is 32.1 Å². The van der Waals surface area contributed by atoms with E-state index in [9.17, 15) is 8.42 Å². The van der Waals surface area contributed by atoms with Crippen LogP contribution in [0.5, 0.6) is 11.5 Å². The number of rotatable bonds is 2. The smallest absolute Gasteiger partial charge is 0.231 e. The van der Waals surface area contributed by atoms with E-state index >= 15 is 0 Å². The van der Waals surface area contributed by atoms with E-state index < -0.39 is 15.4 Å². The van der Waals surface area contributed by atoms with Crippen molar-refractivity contribution >= 4 is 9.84 Å². The van der Waals surface area contributed by atoms with Crippen molar-refractivity contribution in [2.75, 3.05) is 13.0 Å². The van der Waals surface area contributed by atoms with Crippen molar-refractivity contribution in [2.24, 2.45) is 5.73 Å². The maximum absolute atomic E-state index is 12.1. The Morgan fingerprint density at radius 3 is 2.30 bits per heavy atom. The second-order valence-electron chi connectivity index (χ2n) is 5.69. The molecule has 0 amide bonds. The quantitative estimate of drug-likeness (QED) is 0.902. The van der Waals surface area contributed by atoms with E-state index in [0.29, 0.717) is 17.1 Å². The van der Waals surface area contributed by atoms with Gasteiger partial charge in [0.1, 0.15) is 0 Å². The van der Waals surface area contributed by atoms with Crippen LogP contribution >= 0.6 is 0 Å².